The first kappa shape index (κ1) is 27.7. The van der Waals surface area contributed by atoms with Crippen molar-refractivity contribution in [2.45, 2.75) is 75.7 Å². The molecule has 192 valence electrons. The monoisotopic (exact) mass is 527 g/mol. The van der Waals surface area contributed by atoms with Crippen LogP contribution in [0.3, 0.4) is 0 Å². The number of carbonyl (C=O) groups excluding carboxylic acids is 1. The molecule has 0 radical (unpaired) electrons. The molecular weight excluding hydrogens is 486 g/mol. The molecule has 3 rings (SSSR count). The zero-order chi connectivity index (χ0) is 24.8. The number of halogens is 1. The molecule has 2 saturated heterocycles. The first-order valence-corrected chi connectivity index (χ1v) is 21.1. The van der Waals surface area contributed by atoms with Crippen LogP contribution in [0.4, 0.5) is 14.9 Å². The van der Waals surface area contributed by atoms with Gasteiger partial charge in [0, 0.05) is 25.9 Å². The molecule has 1 aromatic carbocycles. The summed E-state index contributed by atoms with van der Waals surface area (Å²) >= 11 is 0. The van der Waals surface area contributed by atoms with E-state index in [-0.39, 0.29) is 0 Å². The molecule has 34 heavy (non-hydrogen) atoms. The molecule has 10 heteroatoms. The van der Waals surface area contributed by atoms with Gasteiger partial charge in [0.25, 0.3) is 0 Å². The fourth-order valence-corrected chi connectivity index (χ4v) is 19.0. The van der Waals surface area contributed by atoms with Crippen molar-refractivity contribution in [3.63, 3.8) is 0 Å². The van der Waals surface area contributed by atoms with Crippen LogP contribution in [0.5, 0.6) is 0 Å². The number of hydrogen-bond donors (Lipinski definition) is 0. The lowest BCUT2D eigenvalue weighted by molar-refractivity contribution is 0.114. The van der Waals surface area contributed by atoms with Gasteiger partial charge in [-0.3, -0.25) is 4.90 Å². The van der Waals surface area contributed by atoms with Crippen LogP contribution in [0.25, 0.3) is 0 Å². The van der Waals surface area contributed by atoms with Gasteiger partial charge in [-0.2, -0.15) is 0 Å². The summed E-state index contributed by atoms with van der Waals surface area (Å²) in [6.07, 6.45) is 2.11. The van der Waals surface area contributed by atoms with E-state index in [0.29, 0.717) is 18.4 Å². The predicted octanol–water partition coefficient (Wildman–Crippen LogP) is 5.41. The standard InChI is InChI=1S/C24H42FNO5Si3/c1-26(24(25)27)21-10-8-11-23(18-21)32(2,3)16-17-33(4)14-7-6-13-30-34(5,31-33)15-9-12-28-19-22-20-29-22/h8,10-11,18,22H,6-7,9,12-17,19-20H2,1-5H3. The summed E-state index contributed by atoms with van der Waals surface area (Å²) in [5, 5.41) is 1.24. The molecule has 3 unspecified atom stereocenters. The number of rotatable bonds is 11. The smallest absolute Gasteiger partial charge is 0.404 e. The van der Waals surface area contributed by atoms with Crippen LogP contribution in [0.2, 0.25) is 50.4 Å². The molecule has 1 amide bonds. The maximum Gasteiger partial charge on any atom is 0.404 e. The molecule has 0 saturated carbocycles. The minimum Gasteiger partial charge on any atom is -0.436 e. The van der Waals surface area contributed by atoms with Crippen molar-refractivity contribution in [3.05, 3.63) is 24.3 Å². The summed E-state index contributed by atoms with van der Waals surface area (Å²) in [4.78, 5) is 12.3. The highest BCUT2D eigenvalue weighted by molar-refractivity contribution is 6.92. The van der Waals surface area contributed by atoms with E-state index in [2.05, 4.69) is 32.3 Å². The second-order valence-corrected chi connectivity index (χ2v) is 23.5. The van der Waals surface area contributed by atoms with Crippen molar-refractivity contribution in [1.29, 1.82) is 0 Å². The Balaban J connectivity index is 1.60. The van der Waals surface area contributed by atoms with Gasteiger partial charge in [0.15, 0.2) is 8.32 Å². The highest BCUT2D eigenvalue weighted by Gasteiger charge is 2.43. The van der Waals surface area contributed by atoms with E-state index in [1.807, 2.05) is 12.1 Å². The molecular formula is C24H42FNO5Si3. The maximum atomic E-state index is 13.2. The van der Waals surface area contributed by atoms with Crippen molar-refractivity contribution >= 4 is 42.0 Å². The number of amides is 1. The summed E-state index contributed by atoms with van der Waals surface area (Å²) in [6.45, 7) is 12.4. The number of ether oxygens (including phenoxy) is 2. The Morgan fingerprint density at radius 1 is 1.26 bits per heavy atom. The fraction of sp³-hybridized carbons (Fsp3) is 0.708. The molecule has 0 spiro atoms. The van der Waals surface area contributed by atoms with E-state index < -0.39 is 31.1 Å². The quantitative estimate of drug-likeness (QED) is 0.127. The van der Waals surface area contributed by atoms with E-state index in [0.717, 1.165) is 55.7 Å². The third-order valence-electron chi connectivity index (χ3n) is 7.15. The van der Waals surface area contributed by atoms with Crippen molar-refractivity contribution < 1.29 is 27.2 Å². The summed E-state index contributed by atoms with van der Waals surface area (Å²) in [5.74, 6) is 0. The van der Waals surface area contributed by atoms with E-state index in [1.165, 1.54) is 24.7 Å². The second kappa shape index (κ2) is 11.9. The molecule has 2 fully saturated rings. The third kappa shape index (κ3) is 8.35. The van der Waals surface area contributed by atoms with Gasteiger partial charge in [-0.1, -0.05) is 42.9 Å². The number of epoxide rings is 1. The highest BCUT2D eigenvalue weighted by Crippen LogP contribution is 2.33. The normalized spacial score (nSPS) is 27.6. The highest BCUT2D eigenvalue weighted by atomic mass is 28.4. The maximum absolute atomic E-state index is 13.2. The predicted molar refractivity (Wildman–Crippen MR) is 142 cm³/mol. The summed E-state index contributed by atoms with van der Waals surface area (Å²) < 4.78 is 37.6. The van der Waals surface area contributed by atoms with Crippen LogP contribution in [0, 0.1) is 0 Å². The van der Waals surface area contributed by atoms with E-state index in [9.17, 15) is 9.18 Å². The van der Waals surface area contributed by atoms with E-state index >= 15 is 0 Å². The molecule has 0 aromatic heterocycles. The Morgan fingerprint density at radius 3 is 2.74 bits per heavy atom. The van der Waals surface area contributed by atoms with E-state index in [4.69, 9.17) is 18.0 Å². The fourth-order valence-electron chi connectivity index (χ4n) is 4.62. The topological polar surface area (TPSA) is 60.5 Å². The Labute approximate surface area is 207 Å². The van der Waals surface area contributed by atoms with Crippen LogP contribution in [0.15, 0.2) is 24.3 Å². The molecule has 2 aliphatic heterocycles. The van der Waals surface area contributed by atoms with Crippen LogP contribution in [-0.2, 0) is 18.0 Å². The average molecular weight is 528 g/mol. The SMILES string of the molecule is CN(C(=O)F)c1cccc([Si](C)(C)CC[Si]2(C)CCCCO[Si](C)(CCCOCC3CO3)O2)c1. The van der Waals surface area contributed by atoms with Crippen LogP contribution >= 0.6 is 0 Å². The zero-order valence-electron chi connectivity index (χ0n) is 21.5. The van der Waals surface area contributed by atoms with Gasteiger partial charge in [-0.25, -0.2) is 4.79 Å². The molecule has 3 atom stereocenters. The van der Waals surface area contributed by atoms with Crippen LogP contribution in [-0.4, -0.2) is 70.7 Å². The summed E-state index contributed by atoms with van der Waals surface area (Å²) in [7, 11) is -4.52. The molecule has 2 aliphatic rings. The first-order valence-electron chi connectivity index (χ1n) is 12.6. The van der Waals surface area contributed by atoms with Crippen molar-refractivity contribution in [1.82, 2.24) is 0 Å². The Bertz CT molecular complexity index is 828. The number of nitrogens with zero attached hydrogens (tertiary/aromatic N) is 1. The van der Waals surface area contributed by atoms with Gasteiger partial charge in [0.1, 0.15) is 6.10 Å². The van der Waals surface area contributed by atoms with Gasteiger partial charge in [-0.15, -0.1) is 4.39 Å². The number of carbonyl (C=O) groups is 1. The molecule has 2 heterocycles. The molecule has 0 N–H and O–H groups in total. The number of anilines is 1. The molecule has 1 aromatic rings. The average Bonchev–Trinajstić information content (AvgIpc) is 3.60. The van der Waals surface area contributed by atoms with Gasteiger partial charge in [0.05, 0.1) is 21.3 Å². The Kier molecular flexibility index (Phi) is 9.69. The largest absolute Gasteiger partial charge is 0.436 e. The van der Waals surface area contributed by atoms with Crippen LogP contribution < -0.4 is 10.1 Å². The minimum absolute atomic E-state index is 0.309. The number of benzene rings is 1. The Morgan fingerprint density at radius 2 is 2.03 bits per heavy atom. The Hall–Kier alpha value is -0.889. The molecule has 0 bridgehead atoms. The lowest BCUT2D eigenvalue weighted by atomic mass is 10.3. The summed E-state index contributed by atoms with van der Waals surface area (Å²) in [5.41, 5.74) is 0.611. The first-order chi connectivity index (χ1) is 16.0. The lowest BCUT2D eigenvalue weighted by Crippen LogP contribution is -2.53. The van der Waals surface area contributed by atoms with Gasteiger partial charge in [-0.05, 0) is 56.2 Å². The van der Waals surface area contributed by atoms with Gasteiger partial charge in [0.2, 0.25) is 0 Å². The van der Waals surface area contributed by atoms with E-state index in [1.54, 1.807) is 6.07 Å². The molecule has 6 nitrogen and oxygen atoms in total. The van der Waals surface area contributed by atoms with Crippen molar-refractivity contribution in [2.24, 2.45) is 0 Å². The summed E-state index contributed by atoms with van der Waals surface area (Å²) in [6, 6.07) is 12.2. The minimum atomic E-state index is -2.25. The zero-order valence-corrected chi connectivity index (χ0v) is 24.5. The number of hydrogen-bond acceptors (Lipinski definition) is 5. The van der Waals surface area contributed by atoms with Crippen molar-refractivity contribution in [3.8, 4) is 0 Å². The lowest BCUT2D eigenvalue weighted by Gasteiger charge is -2.41. The van der Waals surface area contributed by atoms with Gasteiger partial charge < -0.3 is 18.0 Å². The van der Waals surface area contributed by atoms with Crippen LogP contribution in [0.1, 0.15) is 19.3 Å². The van der Waals surface area contributed by atoms with Gasteiger partial charge >= 0.3 is 14.7 Å². The molecule has 0 aliphatic carbocycles. The third-order valence-corrected chi connectivity index (χ3v) is 19.5. The second-order valence-electron chi connectivity index (χ2n) is 10.9. The van der Waals surface area contributed by atoms with Crippen molar-refractivity contribution in [2.75, 3.05) is 38.4 Å².